The van der Waals surface area contributed by atoms with Crippen LogP contribution in [0.15, 0.2) is 36.4 Å². The van der Waals surface area contributed by atoms with Crippen LogP contribution in [-0.4, -0.2) is 36.8 Å². The number of hydrogen-bond acceptors (Lipinski definition) is 5. The number of aromatic nitrogens is 2. The SMILES string of the molecule is CNC(=O)c1ccc(NCC2(c3ccccc3OC)CCC2)nn1. The smallest absolute Gasteiger partial charge is 0.271 e. The molecule has 1 aliphatic rings. The lowest BCUT2D eigenvalue weighted by Crippen LogP contribution is -2.41. The van der Waals surface area contributed by atoms with Gasteiger partial charge in [-0.15, -0.1) is 10.2 Å². The minimum atomic E-state index is -0.237. The van der Waals surface area contributed by atoms with Crippen molar-refractivity contribution in [3.05, 3.63) is 47.7 Å². The van der Waals surface area contributed by atoms with E-state index in [9.17, 15) is 4.79 Å². The molecule has 0 aliphatic heterocycles. The lowest BCUT2D eigenvalue weighted by Gasteiger charge is -2.43. The zero-order chi connectivity index (χ0) is 17.0. The second-order valence-corrected chi connectivity index (χ2v) is 6.07. The summed E-state index contributed by atoms with van der Waals surface area (Å²) in [5.41, 5.74) is 1.61. The van der Waals surface area contributed by atoms with Gasteiger partial charge in [0.15, 0.2) is 5.69 Å². The topological polar surface area (TPSA) is 76.1 Å². The Bertz CT molecular complexity index is 711. The van der Waals surface area contributed by atoms with Gasteiger partial charge in [0.05, 0.1) is 7.11 Å². The third-order valence-corrected chi connectivity index (χ3v) is 4.72. The van der Waals surface area contributed by atoms with E-state index in [1.54, 1.807) is 26.3 Å². The molecular weight excluding hydrogens is 304 g/mol. The molecule has 1 aromatic heterocycles. The van der Waals surface area contributed by atoms with E-state index in [1.807, 2.05) is 12.1 Å². The van der Waals surface area contributed by atoms with Crippen LogP contribution in [0.4, 0.5) is 5.82 Å². The molecule has 1 amide bonds. The zero-order valence-electron chi connectivity index (χ0n) is 14.0. The summed E-state index contributed by atoms with van der Waals surface area (Å²) in [5, 5.41) is 13.9. The number of hydrogen-bond donors (Lipinski definition) is 2. The summed E-state index contributed by atoms with van der Waals surface area (Å²) >= 11 is 0. The molecular formula is C18H22N4O2. The lowest BCUT2D eigenvalue weighted by atomic mass is 9.64. The lowest BCUT2D eigenvalue weighted by molar-refractivity contribution is 0.0957. The van der Waals surface area contributed by atoms with Crippen LogP contribution in [0.3, 0.4) is 0 Å². The van der Waals surface area contributed by atoms with E-state index in [-0.39, 0.29) is 11.3 Å². The molecule has 2 N–H and O–H groups in total. The van der Waals surface area contributed by atoms with Gasteiger partial charge in [0.25, 0.3) is 5.91 Å². The molecule has 0 saturated heterocycles. The molecule has 0 atom stereocenters. The van der Waals surface area contributed by atoms with Gasteiger partial charge in [-0.1, -0.05) is 24.6 Å². The number of methoxy groups -OCH3 is 1. The quantitative estimate of drug-likeness (QED) is 0.852. The van der Waals surface area contributed by atoms with Crippen LogP contribution in [0.2, 0.25) is 0 Å². The van der Waals surface area contributed by atoms with E-state index in [1.165, 1.54) is 12.0 Å². The number of rotatable bonds is 6. The van der Waals surface area contributed by atoms with E-state index in [2.05, 4.69) is 33.0 Å². The van der Waals surface area contributed by atoms with Gasteiger partial charge >= 0.3 is 0 Å². The fraction of sp³-hybridized carbons (Fsp3) is 0.389. The number of carbonyl (C=O) groups excluding carboxylic acids is 1. The number of ether oxygens (including phenoxy) is 1. The Kier molecular flexibility index (Phi) is 4.64. The summed E-state index contributed by atoms with van der Waals surface area (Å²) in [6, 6.07) is 11.6. The first kappa shape index (κ1) is 16.2. The number of nitrogens with one attached hydrogen (secondary N) is 2. The van der Waals surface area contributed by atoms with Crippen LogP contribution in [0.5, 0.6) is 5.75 Å². The number of benzene rings is 1. The molecule has 0 unspecified atom stereocenters. The minimum absolute atomic E-state index is 0.0632. The van der Waals surface area contributed by atoms with Crippen molar-refractivity contribution in [1.82, 2.24) is 15.5 Å². The van der Waals surface area contributed by atoms with Gasteiger partial charge < -0.3 is 15.4 Å². The first-order chi connectivity index (χ1) is 11.7. The van der Waals surface area contributed by atoms with Crippen molar-refractivity contribution < 1.29 is 9.53 Å². The van der Waals surface area contributed by atoms with Gasteiger partial charge in [-0.3, -0.25) is 4.79 Å². The number of carbonyl (C=O) groups is 1. The van der Waals surface area contributed by atoms with Gasteiger partial charge in [-0.2, -0.15) is 0 Å². The Hall–Kier alpha value is -2.63. The van der Waals surface area contributed by atoms with Crippen LogP contribution >= 0.6 is 0 Å². The Morgan fingerprint density at radius 3 is 2.58 bits per heavy atom. The van der Waals surface area contributed by atoms with E-state index < -0.39 is 0 Å². The summed E-state index contributed by atoms with van der Waals surface area (Å²) in [7, 11) is 3.28. The van der Waals surface area contributed by atoms with Gasteiger partial charge in [-0.05, 0) is 31.0 Å². The zero-order valence-corrected chi connectivity index (χ0v) is 14.0. The maximum Gasteiger partial charge on any atom is 0.271 e. The van der Waals surface area contributed by atoms with Gasteiger partial charge in [0, 0.05) is 24.6 Å². The van der Waals surface area contributed by atoms with E-state index in [0.717, 1.165) is 25.1 Å². The summed E-state index contributed by atoms with van der Waals surface area (Å²) in [6.45, 7) is 0.765. The predicted octanol–water partition coefficient (Wildman–Crippen LogP) is 2.38. The molecule has 0 spiro atoms. The van der Waals surface area contributed by atoms with Gasteiger partial charge in [-0.25, -0.2) is 0 Å². The molecule has 1 saturated carbocycles. The fourth-order valence-corrected chi connectivity index (χ4v) is 3.16. The van der Waals surface area contributed by atoms with E-state index in [0.29, 0.717) is 11.5 Å². The fourth-order valence-electron chi connectivity index (χ4n) is 3.16. The summed E-state index contributed by atoms with van der Waals surface area (Å²) < 4.78 is 5.53. The molecule has 1 aliphatic carbocycles. The Labute approximate surface area is 141 Å². The highest BCUT2D eigenvalue weighted by atomic mass is 16.5. The molecule has 0 radical (unpaired) electrons. The molecule has 1 heterocycles. The molecule has 6 nitrogen and oxygen atoms in total. The summed E-state index contributed by atoms with van der Waals surface area (Å²) in [4.78, 5) is 11.5. The molecule has 1 aromatic carbocycles. The third kappa shape index (κ3) is 3.04. The number of para-hydroxylation sites is 1. The molecule has 1 fully saturated rings. The van der Waals surface area contributed by atoms with Crippen molar-refractivity contribution in [2.75, 3.05) is 26.0 Å². The van der Waals surface area contributed by atoms with Crippen molar-refractivity contribution >= 4 is 11.7 Å². The average Bonchev–Trinajstić information content (AvgIpc) is 2.61. The Balaban J connectivity index is 1.73. The van der Waals surface area contributed by atoms with Crippen LogP contribution in [0.25, 0.3) is 0 Å². The largest absolute Gasteiger partial charge is 0.496 e. The van der Waals surface area contributed by atoms with Crippen molar-refractivity contribution in [2.24, 2.45) is 0 Å². The van der Waals surface area contributed by atoms with Crippen molar-refractivity contribution in [3.8, 4) is 5.75 Å². The molecule has 6 heteroatoms. The van der Waals surface area contributed by atoms with Crippen LogP contribution in [0.1, 0.15) is 35.3 Å². The third-order valence-electron chi connectivity index (χ3n) is 4.72. The van der Waals surface area contributed by atoms with Gasteiger partial charge in [0.1, 0.15) is 11.6 Å². The van der Waals surface area contributed by atoms with Crippen LogP contribution < -0.4 is 15.4 Å². The molecule has 0 bridgehead atoms. The number of nitrogens with zero attached hydrogens (tertiary/aromatic N) is 2. The maximum absolute atomic E-state index is 11.5. The second kappa shape index (κ2) is 6.86. The van der Waals surface area contributed by atoms with Crippen LogP contribution in [0, 0.1) is 0 Å². The minimum Gasteiger partial charge on any atom is -0.496 e. The Morgan fingerprint density at radius 1 is 1.21 bits per heavy atom. The Morgan fingerprint density at radius 2 is 2.00 bits per heavy atom. The second-order valence-electron chi connectivity index (χ2n) is 6.07. The van der Waals surface area contributed by atoms with Crippen molar-refractivity contribution in [2.45, 2.75) is 24.7 Å². The maximum atomic E-state index is 11.5. The molecule has 3 rings (SSSR count). The van der Waals surface area contributed by atoms with E-state index in [4.69, 9.17) is 4.74 Å². The summed E-state index contributed by atoms with van der Waals surface area (Å²) in [5.74, 6) is 1.36. The standard InChI is InChI=1S/C18H22N4O2/c1-19-17(23)14-8-9-16(22-21-14)20-12-18(10-5-11-18)13-6-3-4-7-15(13)24-2/h3-4,6-9H,5,10-12H2,1-2H3,(H,19,23)(H,20,22). The molecule has 126 valence electrons. The average molecular weight is 326 g/mol. The van der Waals surface area contributed by atoms with Crippen molar-refractivity contribution in [3.63, 3.8) is 0 Å². The van der Waals surface area contributed by atoms with Crippen molar-refractivity contribution in [1.29, 1.82) is 0 Å². The van der Waals surface area contributed by atoms with Gasteiger partial charge in [0.2, 0.25) is 0 Å². The normalized spacial score (nSPS) is 15.2. The monoisotopic (exact) mass is 326 g/mol. The molecule has 24 heavy (non-hydrogen) atoms. The highest BCUT2D eigenvalue weighted by Crippen LogP contribution is 2.47. The highest BCUT2D eigenvalue weighted by Gasteiger charge is 2.40. The van der Waals surface area contributed by atoms with E-state index >= 15 is 0 Å². The number of anilines is 1. The molecule has 2 aromatic rings. The first-order valence-electron chi connectivity index (χ1n) is 8.12. The first-order valence-corrected chi connectivity index (χ1v) is 8.12. The van der Waals surface area contributed by atoms with Crippen LogP contribution in [-0.2, 0) is 5.41 Å². The summed E-state index contributed by atoms with van der Waals surface area (Å²) in [6.07, 6.45) is 3.44. The number of amides is 1. The highest BCUT2D eigenvalue weighted by molar-refractivity contribution is 5.91. The predicted molar refractivity (Wildman–Crippen MR) is 92.4 cm³/mol.